The van der Waals surface area contributed by atoms with Crippen LogP contribution in [0.15, 0.2) is 6.07 Å². The molecule has 3 N–H and O–H groups in total. The molecular weight excluding hydrogens is 216 g/mol. The topological polar surface area (TPSA) is 93.0 Å². The maximum atomic E-state index is 10.9. The third-order valence-electron chi connectivity index (χ3n) is 2.18. The molecule has 0 aromatic carbocycles. The lowest BCUT2D eigenvalue weighted by molar-refractivity contribution is 0.0996. The van der Waals surface area contributed by atoms with Crippen molar-refractivity contribution in [2.45, 2.75) is 6.42 Å². The van der Waals surface area contributed by atoms with Crippen molar-refractivity contribution in [1.82, 2.24) is 4.98 Å². The second-order valence-electron chi connectivity index (χ2n) is 3.17. The molecule has 0 spiro atoms. The van der Waals surface area contributed by atoms with E-state index in [2.05, 4.69) is 4.98 Å². The molecule has 0 fully saturated rings. The summed E-state index contributed by atoms with van der Waals surface area (Å²) in [6, 6.07) is 1.54. The molecule has 1 aliphatic carbocycles. The smallest absolute Gasteiger partial charge is 0.265 e. The molecule has 0 atom stereocenters. The van der Waals surface area contributed by atoms with Gasteiger partial charge in [-0.05, 0) is 12.1 Å². The number of fused-ring (bicyclic) bond motifs is 1. The van der Waals surface area contributed by atoms with Crippen molar-refractivity contribution in [3.8, 4) is 0 Å². The van der Waals surface area contributed by atoms with E-state index in [9.17, 15) is 13.2 Å². The molecule has 2 rings (SSSR count). The van der Waals surface area contributed by atoms with Gasteiger partial charge in [0, 0.05) is 17.0 Å². The summed E-state index contributed by atoms with van der Waals surface area (Å²) in [4.78, 5) is 14.0. The van der Waals surface area contributed by atoms with Crippen LogP contribution in [0.3, 0.4) is 0 Å². The molecule has 0 unspecified atom stereocenters. The Labute approximate surface area is 86.4 Å². The first kappa shape index (κ1) is 9.72. The summed E-state index contributed by atoms with van der Waals surface area (Å²) < 4.78 is 21.4. The van der Waals surface area contributed by atoms with E-state index >= 15 is 0 Å². The summed E-state index contributed by atoms with van der Waals surface area (Å²) in [6.45, 7) is 0. The largest absolute Gasteiger partial charge is 0.364 e. The van der Waals surface area contributed by atoms with Crippen LogP contribution >= 0.6 is 0 Å². The van der Waals surface area contributed by atoms with Crippen molar-refractivity contribution >= 4 is 33.2 Å². The number of nitrogens with one attached hydrogen (secondary N) is 1. The highest BCUT2D eigenvalue weighted by Gasteiger charge is 2.07. The van der Waals surface area contributed by atoms with Crippen LogP contribution < -0.4 is 16.3 Å². The SMILES string of the molecule is NC(=O)c1cc2c([nH]1)=CCC(=S(=O)=O)C=2. The predicted octanol–water partition coefficient (Wildman–Crippen LogP) is -1.87. The summed E-state index contributed by atoms with van der Waals surface area (Å²) in [5, 5.41) is 1.41. The molecular formula is C9H8N2O3S. The summed E-state index contributed by atoms with van der Waals surface area (Å²) >= 11 is 0. The van der Waals surface area contributed by atoms with Crippen LogP contribution in [-0.2, 0) is 10.3 Å². The van der Waals surface area contributed by atoms with Gasteiger partial charge in [0.25, 0.3) is 5.91 Å². The Morgan fingerprint density at radius 3 is 2.80 bits per heavy atom. The van der Waals surface area contributed by atoms with Gasteiger partial charge < -0.3 is 10.7 Å². The van der Waals surface area contributed by atoms with E-state index in [1.54, 1.807) is 12.1 Å². The van der Waals surface area contributed by atoms with E-state index in [1.807, 2.05) is 0 Å². The van der Waals surface area contributed by atoms with Gasteiger partial charge in [-0.1, -0.05) is 6.08 Å². The van der Waals surface area contributed by atoms with E-state index < -0.39 is 16.2 Å². The van der Waals surface area contributed by atoms with Gasteiger partial charge in [0.2, 0.25) is 10.3 Å². The van der Waals surface area contributed by atoms with Gasteiger partial charge >= 0.3 is 0 Å². The minimum atomic E-state index is -2.21. The molecule has 6 heteroatoms. The minimum Gasteiger partial charge on any atom is -0.364 e. The van der Waals surface area contributed by atoms with Crippen LogP contribution in [0.2, 0.25) is 0 Å². The molecule has 1 aromatic rings. The molecule has 0 saturated carbocycles. The molecule has 5 nitrogen and oxygen atoms in total. The van der Waals surface area contributed by atoms with Crippen molar-refractivity contribution < 1.29 is 13.2 Å². The molecule has 78 valence electrons. The Morgan fingerprint density at radius 2 is 2.20 bits per heavy atom. The van der Waals surface area contributed by atoms with Gasteiger partial charge in [-0.3, -0.25) is 4.79 Å². The molecule has 0 bridgehead atoms. The molecule has 0 saturated heterocycles. The van der Waals surface area contributed by atoms with Gasteiger partial charge in [0.15, 0.2) is 0 Å². The number of carbonyl (C=O) groups excluding carboxylic acids is 1. The zero-order valence-electron chi connectivity index (χ0n) is 7.65. The third kappa shape index (κ3) is 1.71. The monoisotopic (exact) mass is 224 g/mol. The zero-order valence-corrected chi connectivity index (χ0v) is 8.47. The zero-order chi connectivity index (χ0) is 11.0. The highest BCUT2D eigenvalue weighted by atomic mass is 32.2. The first-order valence-electron chi connectivity index (χ1n) is 4.24. The molecule has 0 radical (unpaired) electrons. The van der Waals surface area contributed by atoms with E-state index in [4.69, 9.17) is 5.73 Å². The van der Waals surface area contributed by atoms with Crippen molar-refractivity contribution in [3.63, 3.8) is 0 Å². The Balaban J connectivity index is 2.74. The normalized spacial score (nSPS) is 13.7. The Kier molecular flexibility index (Phi) is 2.20. The maximum absolute atomic E-state index is 10.9. The van der Waals surface area contributed by atoms with Crippen molar-refractivity contribution in [2.24, 2.45) is 5.73 Å². The lowest BCUT2D eigenvalue weighted by Gasteiger charge is -1.94. The van der Waals surface area contributed by atoms with Gasteiger partial charge in [-0.2, -0.15) is 8.42 Å². The second-order valence-corrected chi connectivity index (χ2v) is 4.16. The van der Waals surface area contributed by atoms with E-state index in [-0.39, 0.29) is 5.69 Å². The quantitative estimate of drug-likeness (QED) is 0.547. The highest BCUT2D eigenvalue weighted by Crippen LogP contribution is 1.93. The number of carbonyl (C=O) groups is 1. The lowest BCUT2D eigenvalue weighted by atomic mass is 10.2. The molecule has 1 aromatic heterocycles. The first-order chi connectivity index (χ1) is 7.08. The van der Waals surface area contributed by atoms with Crippen molar-refractivity contribution in [2.75, 3.05) is 0 Å². The molecule has 1 heterocycles. The van der Waals surface area contributed by atoms with E-state index in [1.165, 1.54) is 6.08 Å². The second kappa shape index (κ2) is 3.39. The number of aromatic amines is 1. The highest BCUT2D eigenvalue weighted by molar-refractivity contribution is 7.73. The number of nitrogens with two attached hydrogens (primary N) is 1. The molecule has 15 heavy (non-hydrogen) atoms. The van der Waals surface area contributed by atoms with Crippen LogP contribution in [0.4, 0.5) is 0 Å². The van der Waals surface area contributed by atoms with Crippen LogP contribution in [-0.4, -0.2) is 24.2 Å². The number of hydrogen-bond acceptors (Lipinski definition) is 3. The van der Waals surface area contributed by atoms with E-state index in [0.29, 0.717) is 16.5 Å². The van der Waals surface area contributed by atoms with Crippen molar-refractivity contribution in [1.29, 1.82) is 0 Å². The molecule has 0 aliphatic heterocycles. The number of aromatic nitrogens is 1. The van der Waals surface area contributed by atoms with E-state index in [0.717, 1.165) is 5.35 Å². The number of H-pyrrole nitrogens is 1. The molecule has 1 amide bonds. The minimum absolute atomic E-state index is 0.283. The fourth-order valence-corrected chi connectivity index (χ4v) is 1.90. The maximum Gasteiger partial charge on any atom is 0.265 e. The Bertz CT molecular complexity index is 671. The van der Waals surface area contributed by atoms with Crippen LogP contribution in [0.25, 0.3) is 12.2 Å². The standard InChI is InChI=1S/C9H8N2O3S/c10-9(12)8-4-5-3-6(15(13)14)1-2-7(5)11-8/h2-4,11H,1H2,(H2,10,12). The predicted molar refractivity (Wildman–Crippen MR) is 56.0 cm³/mol. The van der Waals surface area contributed by atoms with Crippen LogP contribution in [0.1, 0.15) is 16.9 Å². The fourth-order valence-electron chi connectivity index (χ4n) is 1.46. The third-order valence-corrected chi connectivity index (χ3v) is 2.90. The van der Waals surface area contributed by atoms with Gasteiger partial charge in [-0.25, -0.2) is 0 Å². The average molecular weight is 224 g/mol. The lowest BCUT2D eigenvalue weighted by Crippen LogP contribution is -2.27. The number of primary amides is 1. The number of amides is 1. The summed E-state index contributed by atoms with van der Waals surface area (Å²) in [5.74, 6) is -0.559. The van der Waals surface area contributed by atoms with Gasteiger partial charge in [0.1, 0.15) is 5.69 Å². The van der Waals surface area contributed by atoms with Gasteiger partial charge in [-0.15, -0.1) is 0 Å². The summed E-state index contributed by atoms with van der Waals surface area (Å²) in [7, 11) is -2.21. The fraction of sp³-hybridized carbons (Fsp3) is 0.111. The number of hydrogen-bond donors (Lipinski definition) is 2. The van der Waals surface area contributed by atoms with Crippen LogP contribution in [0.5, 0.6) is 0 Å². The van der Waals surface area contributed by atoms with Crippen molar-refractivity contribution in [3.05, 3.63) is 22.3 Å². The average Bonchev–Trinajstić information content (AvgIpc) is 2.59. The molecule has 1 aliphatic rings. The summed E-state index contributed by atoms with van der Waals surface area (Å²) in [6.07, 6.45) is 3.58. The van der Waals surface area contributed by atoms with Crippen LogP contribution in [0, 0.1) is 0 Å². The Morgan fingerprint density at radius 1 is 1.47 bits per heavy atom. The Hall–Kier alpha value is -1.82. The first-order valence-corrected chi connectivity index (χ1v) is 5.31. The summed E-state index contributed by atoms with van der Waals surface area (Å²) in [5.41, 5.74) is 5.38. The van der Waals surface area contributed by atoms with Gasteiger partial charge in [0.05, 0.1) is 4.86 Å². The number of rotatable bonds is 1.